The molecule has 0 aliphatic heterocycles. The molecule has 114 valence electrons. The Kier molecular flexibility index (Phi) is 6.80. The fraction of sp³-hybridized carbons (Fsp3) is 0.625. The number of ether oxygens (including phenoxy) is 1. The predicted octanol–water partition coefficient (Wildman–Crippen LogP) is 3.56. The average Bonchev–Trinajstić information content (AvgIpc) is 2.32. The Balaban J connectivity index is 2.60. The molecule has 0 aliphatic carbocycles. The van der Waals surface area contributed by atoms with Crippen LogP contribution < -0.4 is 10.1 Å². The lowest BCUT2D eigenvalue weighted by Gasteiger charge is -2.22. The minimum atomic E-state index is 0.0739. The Bertz CT molecular complexity index is 413. The Labute approximate surface area is 128 Å². The van der Waals surface area contributed by atoms with E-state index < -0.39 is 0 Å². The highest BCUT2D eigenvalue weighted by molar-refractivity contribution is 6.30. The molecule has 0 radical (unpaired) electrons. The van der Waals surface area contributed by atoms with Gasteiger partial charge in [-0.05, 0) is 59.5 Å². The van der Waals surface area contributed by atoms with Gasteiger partial charge in [-0.25, -0.2) is 0 Å². The third-order valence-corrected chi connectivity index (χ3v) is 3.07. The van der Waals surface area contributed by atoms with Gasteiger partial charge >= 0.3 is 0 Å². The lowest BCUT2D eigenvalue weighted by Crippen LogP contribution is -2.35. The van der Waals surface area contributed by atoms with Gasteiger partial charge in [0.15, 0.2) is 0 Å². The van der Waals surface area contributed by atoms with E-state index >= 15 is 0 Å². The maximum atomic E-state index is 6.08. The van der Waals surface area contributed by atoms with Crippen molar-refractivity contribution in [1.29, 1.82) is 0 Å². The standard InChI is InChI=1S/C16H27ClN2O/c1-16(2,3)18-12-13-11-14(17)7-8-15(13)20-10-6-9-19(4)5/h7-8,11,18H,6,9-10,12H2,1-5H3. The van der Waals surface area contributed by atoms with Gasteiger partial charge in [0.25, 0.3) is 0 Å². The SMILES string of the molecule is CN(C)CCCOc1ccc(Cl)cc1CNC(C)(C)C. The molecule has 1 rings (SSSR count). The lowest BCUT2D eigenvalue weighted by atomic mass is 10.1. The number of rotatable bonds is 7. The zero-order valence-corrected chi connectivity index (χ0v) is 14.0. The molecule has 0 saturated heterocycles. The summed E-state index contributed by atoms with van der Waals surface area (Å²) in [4.78, 5) is 2.16. The minimum Gasteiger partial charge on any atom is -0.493 e. The normalized spacial score (nSPS) is 11.9. The maximum absolute atomic E-state index is 6.08. The van der Waals surface area contributed by atoms with Crippen LogP contribution in [-0.4, -0.2) is 37.7 Å². The second-order valence-corrected chi connectivity index (χ2v) is 6.80. The van der Waals surface area contributed by atoms with E-state index in [9.17, 15) is 0 Å². The Hall–Kier alpha value is -0.770. The van der Waals surface area contributed by atoms with Crippen molar-refractivity contribution in [3.8, 4) is 5.75 Å². The Morgan fingerprint density at radius 3 is 2.55 bits per heavy atom. The molecule has 0 bridgehead atoms. The highest BCUT2D eigenvalue weighted by Gasteiger charge is 2.11. The van der Waals surface area contributed by atoms with Crippen LogP contribution >= 0.6 is 11.6 Å². The summed E-state index contributed by atoms with van der Waals surface area (Å²) in [5, 5.41) is 4.21. The molecular formula is C16H27ClN2O. The fourth-order valence-electron chi connectivity index (χ4n) is 1.75. The smallest absolute Gasteiger partial charge is 0.123 e. The molecule has 0 heterocycles. The van der Waals surface area contributed by atoms with Crippen LogP contribution in [-0.2, 0) is 6.54 Å². The molecule has 0 saturated carbocycles. The van der Waals surface area contributed by atoms with E-state index in [4.69, 9.17) is 16.3 Å². The molecule has 0 atom stereocenters. The summed E-state index contributed by atoms with van der Waals surface area (Å²) >= 11 is 6.08. The first-order chi connectivity index (χ1) is 9.28. The summed E-state index contributed by atoms with van der Waals surface area (Å²) < 4.78 is 5.88. The van der Waals surface area contributed by atoms with Gasteiger partial charge < -0.3 is 15.0 Å². The number of hydrogen-bond donors (Lipinski definition) is 1. The third kappa shape index (κ3) is 7.13. The van der Waals surface area contributed by atoms with Crippen molar-refractivity contribution in [2.24, 2.45) is 0 Å². The first kappa shape index (κ1) is 17.3. The van der Waals surface area contributed by atoms with Crippen LogP contribution in [0.25, 0.3) is 0 Å². The summed E-state index contributed by atoms with van der Waals surface area (Å²) in [5.74, 6) is 0.921. The molecule has 0 aliphatic rings. The van der Waals surface area contributed by atoms with E-state index in [0.29, 0.717) is 0 Å². The van der Waals surface area contributed by atoms with Crippen molar-refractivity contribution in [2.75, 3.05) is 27.2 Å². The van der Waals surface area contributed by atoms with E-state index in [-0.39, 0.29) is 5.54 Å². The maximum Gasteiger partial charge on any atom is 0.123 e. The summed E-state index contributed by atoms with van der Waals surface area (Å²) in [5.41, 5.74) is 1.18. The molecule has 0 unspecified atom stereocenters. The average molecular weight is 299 g/mol. The molecule has 1 N–H and O–H groups in total. The zero-order valence-electron chi connectivity index (χ0n) is 13.3. The van der Waals surface area contributed by atoms with Crippen LogP contribution in [0.4, 0.5) is 0 Å². The van der Waals surface area contributed by atoms with Gasteiger partial charge in [-0.3, -0.25) is 0 Å². The monoisotopic (exact) mass is 298 g/mol. The highest BCUT2D eigenvalue weighted by atomic mass is 35.5. The van der Waals surface area contributed by atoms with Gasteiger partial charge in [0, 0.05) is 29.2 Å². The summed E-state index contributed by atoms with van der Waals surface area (Å²) in [7, 11) is 4.14. The van der Waals surface area contributed by atoms with Crippen molar-refractivity contribution in [3.63, 3.8) is 0 Å². The molecule has 0 spiro atoms. The minimum absolute atomic E-state index is 0.0739. The number of benzene rings is 1. The van der Waals surface area contributed by atoms with Crippen molar-refractivity contribution in [2.45, 2.75) is 39.3 Å². The van der Waals surface area contributed by atoms with Crippen LogP contribution in [0.2, 0.25) is 5.02 Å². The highest BCUT2D eigenvalue weighted by Crippen LogP contribution is 2.23. The number of nitrogens with zero attached hydrogens (tertiary/aromatic N) is 1. The molecular weight excluding hydrogens is 272 g/mol. The van der Waals surface area contributed by atoms with Gasteiger partial charge in [-0.15, -0.1) is 0 Å². The van der Waals surface area contributed by atoms with Crippen LogP contribution in [0, 0.1) is 0 Å². The van der Waals surface area contributed by atoms with Gasteiger partial charge in [0.1, 0.15) is 5.75 Å². The molecule has 20 heavy (non-hydrogen) atoms. The summed E-state index contributed by atoms with van der Waals surface area (Å²) in [6.45, 7) is 8.96. The molecule has 1 aromatic carbocycles. The van der Waals surface area contributed by atoms with Crippen LogP contribution in [0.5, 0.6) is 5.75 Å². The van der Waals surface area contributed by atoms with Crippen molar-refractivity contribution < 1.29 is 4.74 Å². The Morgan fingerprint density at radius 1 is 1.25 bits per heavy atom. The predicted molar refractivity (Wildman–Crippen MR) is 86.7 cm³/mol. The van der Waals surface area contributed by atoms with Gasteiger partial charge in [0.2, 0.25) is 0 Å². The van der Waals surface area contributed by atoms with Crippen molar-refractivity contribution >= 4 is 11.6 Å². The van der Waals surface area contributed by atoms with E-state index in [1.54, 1.807) is 0 Å². The van der Waals surface area contributed by atoms with Gasteiger partial charge in [-0.1, -0.05) is 11.6 Å². The van der Waals surface area contributed by atoms with E-state index in [2.05, 4.69) is 45.1 Å². The molecule has 1 aromatic rings. The van der Waals surface area contributed by atoms with E-state index in [1.807, 2.05) is 18.2 Å². The fourth-order valence-corrected chi connectivity index (χ4v) is 1.94. The Morgan fingerprint density at radius 2 is 1.95 bits per heavy atom. The van der Waals surface area contributed by atoms with Crippen molar-refractivity contribution in [3.05, 3.63) is 28.8 Å². The quantitative estimate of drug-likeness (QED) is 0.779. The first-order valence-electron chi connectivity index (χ1n) is 7.09. The summed E-state index contributed by atoms with van der Waals surface area (Å²) in [6.07, 6.45) is 1.02. The number of nitrogens with one attached hydrogen (secondary N) is 1. The molecule has 0 aromatic heterocycles. The second kappa shape index (κ2) is 7.87. The number of hydrogen-bond acceptors (Lipinski definition) is 3. The van der Waals surface area contributed by atoms with Gasteiger partial charge in [0.05, 0.1) is 6.61 Å². The van der Waals surface area contributed by atoms with Gasteiger partial charge in [-0.2, -0.15) is 0 Å². The van der Waals surface area contributed by atoms with Crippen LogP contribution in [0.15, 0.2) is 18.2 Å². The van der Waals surface area contributed by atoms with Crippen LogP contribution in [0.3, 0.4) is 0 Å². The summed E-state index contributed by atoms with van der Waals surface area (Å²) in [6, 6.07) is 5.81. The second-order valence-electron chi connectivity index (χ2n) is 6.36. The topological polar surface area (TPSA) is 24.5 Å². The first-order valence-corrected chi connectivity index (χ1v) is 7.47. The lowest BCUT2D eigenvalue weighted by molar-refractivity contribution is 0.278. The molecule has 4 heteroatoms. The van der Waals surface area contributed by atoms with E-state index in [0.717, 1.165) is 42.5 Å². The number of halogens is 1. The third-order valence-electron chi connectivity index (χ3n) is 2.84. The van der Waals surface area contributed by atoms with E-state index in [1.165, 1.54) is 0 Å². The molecule has 0 fully saturated rings. The largest absolute Gasteiger partial charge is 0.493 e. The zero-order chi connectivity index (χ0) is 15.2. The molecule has 3 nitrogen and oxygen atoms in total. The van der Waals surface area contributed by atoms with Crippen molar-refractivity contribution in [1.82, 2.24) is 10.2 Å². The van der Waals surface area contributed by atoms with Crippen LogP contribution in [0.1, 0.15) is 32.8 Å². The molecule has 0 amide bonds.